The fourth-order valence-corrected chi connectivity index (χ4v) is 2.33. The Hall–Kier alpha value is -0.910. The molecular formula is C12H19NO3S. The van der Waals surface area contributed by atoms with E-state index in [9.17, 15) is 4.79 Å². The van der Waals surface area contributed by atoms with Crippen molar-refractivity contribution in [3.63, 3.8) is 0 Å². The molecule has 17 heavy (non-hydrogen) atoms. The van der Waals surface area contributed by atoms with Crippen LogP contribution in [0, 0.1) is 5.41 Å². The van der Waals surface area contributed by atoms with Crippen LogP contribution in [0.3, 0.4) is 0 Å². The molecule has 0 atom stereocenters. The number of carboxylic acids is 1. The highest BCUT2D eigenvalue weighted by atomic mass is 32.1. The molecule has 1 aromatic rings. The summed E-state index contributed by atoms with van der Waals surface area (Å²) in [6, 6.07) is 1.69. The van der Waals surface area contributed by atoms with Crippen molar-refractivity contribution in [3.8, 4) is 0 Å². The lowest BCUT2D eigenvalue weighted by Crippen LogP contribution is -2.29. The molecular weight excluding hydrogens is 238 g/mol. The molecule has 0 fully saturated rings. The number of rotatable bonds is 7. The molecule has 0 aliphatic rings. The normalized spacial score (nSPS) is 11.7. The second-order valence-corrected chi connectivity index (χ2v) is 5.84. The van der Waals surface area contributed by atoms with E-state index in [1.54, 1.807) is 11.4 Å². The zero-order valence-corrected chi connectivity index (χ0v) is 11.0. The fourth-order valence-electron chi connectivity index (χ4n) is 1.50. The second kappa shape index (κ2) is 6.14. The minimum absolute atomic E-state index is 0.0572. The lowest BCUT2D eigenvalue weighted by molar-refractivity contribution is 0.0697. The molecule has 0 aliphatic carbocycles. The number of aromatic carboxylic acids is 1. The molecule has 0 saturated carbocycles. The van der Waals surface area contributed by atoms with Crippen LogP contribution in [-0.4, -0.2) is 29.3 Å². The van der Waals surface area contributed by atoms with Gasteiger partial charge in [0.25, 0.3) is 0 Å². The number of carboxylic acid groups (broad SMARTS) is 1. The minimum atomic E-state index is -0.881. The SMILES string of the molecule is CC(C)(CCO)CNCc1cc(C(=O)O)cs1. The van der Waals surface area contributed by atoms with Gasteiger partial charge in [0.05, 0.1) is 5.56 Å². The topological polar surface area (TPSA) is 69.6 Å². The van der Waals surface area contributed by atoms with E-state index in [0.717, 1.165) is 17.8 Å². The van der Waals surface area contributed by atoms with Crippen molar-refractivity contribution in [2.75, 3.05) is 13.2 Å². The summed E-state index contributed by atoms with van der Waals surface area (Å²) in [6.45, 7) is 5.85. The predicted octanol–water partition coefficient (Wildman–Crippen LogP) is 1.94. The quantitative estimate of drug-likeness (QED) is 0.698. The van der Waals surface area contributed by atoms with Crippen LogP contribution in [0.4, 0.5) is 0 Å². The largest absolute Gasteiger partial charge is 0.478 e. The fraction of sp³-hybridized carbons (Fsp3) is 0.583. The average Bonchev–Trinajstić information content (AvgIpc) is 2.66. The number of aliphatic hydroxyl groups excluding tert-OH is 1. The van der Waals surface area contributed by atoms with Crippen molar-refractivity contribution >= 4 is 17.3 Å². The Morgan fingerprint density at radius 3 is 2.76 bits per heavy atom. The lowest BCUT2D eigenvalue weighted by Gasteiger charge is -2.23. The van der Waals surface area contributed by atoms with Gasteiger partial charge in [0.1, 0.15) is 0 Å². The first-order valence-electron chi connectivity index (χ1n) is 5.57. The van der Waals surface area contributed by atoms with E-state index in [-0.39, 0.29) is 12.0 Å². The zero-order valence-electron chi connectivity index (χ0n) is 10.2. The maximum atomic E-state index is 10.7. The van der Waals surface area contributed by atoms with Crippen molar-refractivity contribution in [3.05, 3.63) is 21.9 Å². The summed E-state index contributed by atoms with van der Waals surface area (Å²) in [7, 11) is 0. The van der Waals surface area contributed by atoms with Crippen molar-refractivity contribution in [2.45, 2.75) is 26.8 Å². The molecule has 0 aromatic carbocycles. The van der Waals surface area contributed by atoms with Crippen LogP contribution in [0.5, 0.6) is 0 Å². The molecule has 3 N–H and O–H groups in total. The molecule has 0 aliphatic heterocycles. The summed E-state index contributed by atoms with van der Waals surface area (Å²) >= 11 is 1.45. The van der Waals surface area contributed by atoms with Crippen LogP contribution >= 0.6 is 11.3 Å². The maximum absolute atomic E-state index is 10.7. The Labute approximate surface area is 105 Å². The van der Waals surface area contributed by atoms with Gasteiger partial charge >= 0.3 is 5.97 Å². The first-order valence-corrected chi connectivity index (χ1v) is 6.45. The maximum Gasteiger partial charge on any atom is 0.336 e. The third kappa shape index (κ3) is 4.85. The first kappa shape index (κ1) is 14.2. The van der Waals surface area contributed by atoms with Gasteiger partial charge in [-0.25, -0.2) is 4.79 Å². The standard InChI is InChI=1S/C12H19NO3S/c1-12(2,3-4-14)8-13-6-10-5-9(7-17-10)11(15)16/h5,7,13-14H,3-4,6,8H2,1-2H3,(H,15,16). The predicted molar refractivity (Wildman–Crippen MR) is 68.5 cm³/mol. The smallest absolute Gasteiger partial charge is 0.336 e. The Morgan fingerprint density at radius 2 is 2.24 bits per heavy atom. The molecule has 0 radical (unpaired) electrons. The monoisotopic (exact) mass is 257 g/mol. The van der Waals surface area contributed by atoms with E-state index in [1.165, 1.54) is 11.3 Å². The third-order valence-corrected chi connectivity index (χ3v) is 3.53. The van der Waals surface area contributed by atoms with Crippen LogP contribution in [0.25, 0.3) is 0 Å². The van der Waals surface area contributed by atoms with Crippen molar-refractivity contribution in [2.24, 2.45) is 5.41 Å². The Kier molecular flexibility index (Phi) is 5.11. The lowest BCUT2D eigenvalue weighted by atomic mass is 9.90. The Bertz CT molecular complexity index is 374. The van der Waals surface area contributed by atoms with Crippen LogP contribution in [0.15, 0.2) is 11.4 Å². The first-order chi connectivity index (χ1) is 7.94. The highest BCUT2D eigenvalue weighted by Gasteiger charge is 2.16. The van der Waals surface area contributed by atoms with Gasteiger partial charge in [-0.15, -0.1) is 11.3 Å². The highest BCUT2D eigenvalue weighted by molar-refractivity contribution is 7.10. The summed E-state index contributed by atoms with van der Waals surface area (Å²) < 4.78 is 0. The Balaban J connectivity index is 2.38. The van der Waals surface area contributed by atoms with Gasteiger partial charge in [-0.05, 0) is 17.9 Å². The molecule has 4 nitrogen and oxygen atoms in total. The molecule has 0 saturated heterocycles. The number of hydrogen-bond acceptors (Lipinski definition) is 4. The van der Waals surface area contributed by atoms with Crippen molar-refractivity contribution < 1.29 is 15.0 Å². The molecule has 96 valence electrons. The van der Waals surface area contributed by atoms with Crippen LogP contribution < -0.4 is 5.32 Å². The van der Waals surface area contributed by atoms with E-state index in [4.69, 9.17) is 10.2 Å². The number of nitrogens with one attached hydrogen (secondary N) is 1. The molecule has 0 bridgehead atoms. The van der Waals surface area contributed by atoms with E-state index >= 15 is 0 Å². The zero-order chi connectivity index (χ0) is 12.9. The highest BCUT2D eigenvalue weighted by Crippen LogP contribution is 2.19. The second-order valence-electron chi connectivity index (χ2n) is 4.85. The Morgan fingerprint density at radius 1 is 1.53 bits per heavy atom. The van der Waals surface area contributed by atoms with Crippen LogP contribution in [0.2, 0.25) is 0 Å². The molecule has 0 amide bonds. The van der Waals surface area contributed by atoms with E-state index in [1.807, 2.05) is 0 Å². The summed E-state index contributed by atoms with van der Waals surface area (Å²) in [4.78, 5) is 11.7. The number of hydrogen-bond donors (Lipinski definition) is 3. The average molecular weight is 257 g/mol. The van der Waals surface area contributed by atoms with Gasteiger partial charge in [-0.1, -0.05) is 13.8 Å². The number of thiophene rings is 1. The van der Waals surface area contributed by atoms with Gasteiger partial charge in [0, 0.05) is 30.0 Å². The van der Waals surface area contributed by atoms with Gasteiger partial charge < -0.3 is 15.5 Å². The molecule has 0 spiro atoms. The summed E-state index contributed by atoms with van der Waals surface area (Å²) in [5.41, 5.74) is 0.406. The molecule has 5 heteroatoms. The van der Waals surface area contributed by atoms with Gasteiger partial charge in [-0.3, -0.25) is 0 Å². The molecule has 1 heterocycles. The van der Waals surface area contributed by atoms with E-state index in [0.29, 0.717) is 12.1 Å². The molecule has 1 rings (SSSR count). The molecule has 1 aromatic heterocycles. The van der Waals surface area contributed by atoms with Gasteiger partial charge in [-0.2, -0.15) is 0 Å². The summed E-state index contributed by atoms with van der Waals surface area (Å²) in [5, 5.41) is 22.6. The number of carbonyl (C=O) groups is 1. The van der Waals surface area contributed by atoms with Gasteiger partial charge in [0.2, 0.25) is 0 Å². The van der Waals surface area contributed by atoms with Crippen molar-refractivity contribution in [1.29, 1.82) is 0 Å². The minimum Gasteiger partial charge on any atom is -0.478 e. The van der Waals surface area contributed by atoms with Gasteiger partial charge in [0.15, 0.2) is 0 Å². The van der Waals surface area contributed by atoms with Crippen molar-refractivity contribution in [1.82, 2.24) is 5.32 Å². The summed E-state index contributed by atoms with van der Waals surface area (Å²) in [5.74, 6) is -0.881. The van der Waals surface area contributed by atoms with E-state index in [2.05, 4.69) is 19.2 Å². The van der Waals surface area contributed by atoms with Crippen LogP contribution in [0.1, 0.15) is 35.5 Å². The summed E-state index contributed by atoms with van der Waals surface area (Å²) in [6.07, 6.45) is 0.755. The number of aliphatic hydroxyl groups is 1. The third-order valence-electron chi connectivity index (χ3n) is 2.59. The van der Waals surface area contributed by atoms with Crippen LogP contribution in [-0.2, 0) is 6.54 Å². The molecule has 0 unspecified atom stereocenters. The van der Waals surface area contributed by atoms with E-state index < -0.39 is 5.97 Å².